The highest BCUT2D eigenvalue weighted by Crippen LogP contribution is 2.35. The first-order chi connectivity index (χ1) is 12.6. The average molecular weight is 378 g/mol. The van der Waals surface area contributed by atoms with Crippen molar-refractivity contribution < 1.29 is 14.9 Å². The first-order valence-corrected chi connectivity index (χ1v) is 9.89. The van der Waals surface area contributed by atoms with Gasteiger partial charge in [0, 0.05) is 10.9 Å². The number of aliphatic hydroxyl groups is 2. The van der Waals surface area contributed by atoms with E-state index in [4.69, 9.17) is 16.3 Å². The van der Waals surface area contributed by atoms with Crippen LogP contribution in [0.5, 0.6) is 5.75 Å². The van der Waals surface area contributed by atoms with E-state index in [-0.39, 0.29) is 18.6 Å². The average Bonchev–Trinajstić information content (AvgIpc) is 2.98. The summed E-state index contributed by atoms with van der Waals surface area (Å²) in [7, 11) is 0. The minimum atomic E-state index is -0.720. The topological polar surface area (TPSA) is 49.7 Å². The van der Waals surface area contributed by atoms with Crippen LogP contribution < -0.4 is 4.74 Å². The van der Waals surface area contributed by atoms with E-state index >= 15 is 0 Å². The molecule has 26 heavy (non-hydrogen) atoms. The van der Waals surface area contributed by atoms with Crippen molar-refractivity contribution >= 4 is 11.6 Å². The number of allylic oxidation sites excluding steroid dienone is 2. The first kappa shape index (κ1) is 21.0. The second kappa shape index (κ2) is 11.4. The molecule has 0 amide bonds. The summed E-state index contributed by atoms with van der Waals surface area (Å²) in [6.07, 6.45) is 14.4. The van der Waals surface area contributed by atoms with Crippen LogP contribution in [0, 0.1) is 18.3 Å². The Morgan fingerprint density at radius 1 is 1.35 bits per heavy atom. The molecule has 1 fully saturated rings. The number of hydrogen-bond acceptors (Lipinski definition) is 3. The van der Waals surface area contributed by atoms with Crippen LogP contribution in [0.3, 0.4) is 0 Å². The zero-order chi connectivity index (χ0) is 18.8. The SMILES string of the molecule is CCCCC=CC[C@H]1[CH]C[C@@H](O)[C@H]1C=C[C@@H](O)COc1cccc(Cl)c1. The number of ether oxygens (including phenoxy) is 1. The Labute approximate surface area is 162 Å². The van der Waals surface area contributed by atoms with E-state index in [1.54, 1.807) is 24.3 Å². The van der Waals surface area contributed by atoms with E-state index in [2.05, 4.69) is 25.5 Å². The van der Waals surface area contributed by atoms with Gasteiger partial charge in [-0.25, -0.2) is 0 Å². The summed E-state index contributed by atoms with van der Waals surface area (Å²) in [5.41, 5.74) is 0. The molecule has 143 valence electrons. The zero-order valence-corrected chi connectivity index (χ0v) is 16.2. The van der Waals surface area contributed by atoms with Crippen molar-refractivity contribution in [3.63, 3.8) is 0 Å². The third kappa shape index (κ3) is 7.14. The number of benzene rings is 1. The molecule has 4 atom stereocenters. The van der Waals surface area contributed by atoms with E-state index in [1.165, 1.54) is 12.8 Å². The predicted molar refractivity (Wildman–Crippen MR) is 107 cm³/mol. The fourth-order valence-electron chi connectivity index (χ4n) is 3.18. The normalized spacial score (nSPS) is 24.5. The third-order valence-electron chi connectivity index (χ3n) is 4.69. The van der Waals surface area contributed by atoms with E-state index in [9.17, 15) is 10.2 Å². The third-order valence-corrected chi connectivity index (χ3v) is 4.93. The summed E-state index contributed by atoms with van der Waals surface area (Å²) in [6.45, 7) is 2.35. The van der Waals surface area contributed by atoms with Crippen molar-refractivity contribution in [1.29, 1.82) is 0 Å². The molecule has 0 aliphatic heterocycles. The summed E-state index contributed by atoms with van der Waals surface area (Å²) in [4.78, 5) is 0. The van der Waals surface area contributed by atoms with Gasteiger partial charge in [-0.2, -0.15) is 0 Å². The number of unbranched alkanes of at least 4 members (excludes halogenated alkanes) is 2. The van der Waals surface area contributed by atoms with E-state index in [1.807, 2.05) is 12.1 Å². The lowest BCUT2D eigenvalue weighted by molar-refractivity contribution is 0.133. The van der Waals surface area contributed by atoms with E-state index < -0.39 is 6.10 Å². The maximum absolute atomic E-state index is 10.2. The van der Waals surface area contributed by atoms with Crippen LogP contribution >= 0.6 is 11.6 Å². The van der Waals surface area contributed by atoms with Crippen molar-refractivity contribution in [1.82, 2.24) is 0 Å². The lowest BCUT2D eigenvalue weighted by Gasteiger charge is -2.18. The molecule has 0 bridgehead atoms. The van der Waals surface area contributed by atoms with Crippen LogP contribution in [-0.2, 0) is 0 Å². The molecule has 2 rings (SSSR count). The molecule has 0 aromatic heterocycles. The number of rotatable bonds is 10. The lowest BCUT2D eigenvalue weighted by atomic mass is 9.91. The standard InChI is InChI=1S/C22H30ClO3/c1-2-3-4-5-6-8-17-11-14-22(25)21(17)13-12-19(24)16-26-20-10-7-9-18(23)15-20/h5-7,9-13,15,17,19,21-22,24-25H,2-4,8,14,16H2,1H3/t17-,19+,21-,22+/m0/s1. The Morgan fingerprint density at radius 3 is 2.96 bits per heavy atom. The van der Waals surface area contributed by atoms with Gasteiger partial charge in [0.2, 0.25) is 0 Å². The number of hydrogen-bond donors (Lipinski definition) is 2. The van der Waals surface area contributed by atoms with Crippen molar-refractivity contribution in [2.45, 2.75) is 51.2 Å². The van der Waals surface area contributed by atoms with Gasteiger partial charge in [0.1, 0.15) is 18.5 Å². The molecule has 0 heterocycles. The molecule has 1 aliphatic carbocycles. The minimum Gasteiger partial charge on any atom is -0.491 e. The van der Waals surface area contributed by atoms with Gasteiger partial charge in [0.25, 0.3) is 0 Å². The van der Waals surface area contributed by atoms with Gasteiger partial charge < -0.3 is 14.9 Å². The molecular formula is C22H30ClO3. The molecule has 0 spiro atoms. The van der Waals surface area contributed by atoms with Crippen LogP contribution in [0.1, 0.15) is 39.0 Å². The van der Waals surface area contributed by atoms with Crippen molar-refractivity contribution in [2.24, 2.45) is 11.8 Å². The molecule has 1 aromatic rings. The molecule has 1 radical (unpaired) electrons. The number of halogens is 1. The van der Waals surface area contributed by atoms with Gasteiger partial charge in [-0.1, -0.05) is 61.7 Å². The van der Waals surface area contributed by atoms with Crippen LogP contribution in [0.15, 0.2) is 48.6 Å². The van der Waals surface area contributed by atoms with Crippen LogP contribution in [0.4, 0.5) is 0 Å². The largest absolute Gasteiger partial charge is 0.491 e. The smallest absolute Gasteiger partial charge is 0.120 e. The predicted octanol–water partition coefficient (Wildman–Crippen LogP) is 4.97. The van der Waals surface area contributed by atoms with Crippen LogP contribution in [-0.4, -0.2) is 29.0 Å². The van der Waals surface area contributed by atoms with Crippen molar-refractivity contribution in [2.75, 3.05) is 6.61 Å². The second-order valence-electron chi connectivity index (χ2n) is 6.85. The molecule has 1 saturated carbocycles. The Hall–Kier alpha value is -1.29. The molecule has 2 N–H and O–H groups in total. The lowest BCUT2D eigenvalue weighted by Crippen LogP contribution is -2.19. The molecule has 1 aromatic carbocycles. The Kier molecular flexibility index (Phi) is 9.24. The maximum atomic E-state index is 10.2. The molecular weight excluding hydrogens is 348 g/mol. The van der Waals surface area contributed by atoms with E-state index in [0.717, 1.165) is 12.8 Å². The maximum Gasteiger partial charge on any atom is 0.120 e. The summed E-state index contributed by atoms with van der Waals surface area (Å²) in [6, 6.07) is 7.11. The van der Waals surface area contributed by atoms with Gasteiger partial charge in [-0.05, 0) is 49.8 Å². The molecule has 4 heteroatoms. The van der Waals surface area contributed by atoms with Crippen LogP contribution in [0.25, 0.3) is 0 Å². The highest BCUT2D eigenvalue weighted by Gasteiger charge is 2.32. The Morgan fingerprint density at radius 2 is 2.19 bits per heavy atom. The van der Waals surface area contributed by atoms with Crippen LogP contribution in [0.2, 0.25) is 5.02 Å². The van der Waals surface area contributed by atoms with Gasteiger partial charge in [0.05, 0.1) is 6.10 Å². The summed E-state index contributed by atoms with van der Waals surface area (Å²) in [5, 5.41) is 21.0. The summed E-state index contributed by atoms with van der Waals surface area (Å²) >= 11 is 5.92. The highest BCUT2D eigenvalue weighted by molar-refractivity contribution is 6.30. The monoisotopic (exact) mass is 377 g/mol. The van der Waals surface area contributed by atoms with Crippen molar-refractivity contribution in [3.8, 4) is 5.75 Å². The molecule has 3 nitrogen and oxygen atoms in total. The van der Waals surface area contributed by atoms with Gasteiger partial charge in [-0.3, -0.25) is 0 Å². The fourth-order valence-corrected chi connectivity index (χ4v) is 3.36. The minimum absolute atomic E-state index is 0.0478. The highest BCUT2D eigenvalue weighted by atomic mass is 35.5. The Balaban J connectivity index is 1.80. The molecule has 0 saturated heterocycles. The first-order valence-electron chi connectivity index (χ1n) is 9.51. The van der Waals surface area contributed by atoms with Gasteiger partial charge in [-0.15, -0.1) is 0 Å². The van der Waals surface area contributed by atoms with Gasteiger partial charge >= 0.3 is 0 Å². The quantitative estimate of drug-likeness (QED) is 0.447. The molecule has 0 unspecified atom stereocenters. The number of aliphatic hydroxyl groups excluding tert-OH is 2. The van der Waals surface area contributed by atoms with E-state index in [0.29, 0.717) is 23.1 Å². The second-order valence-corrected chi connectivity index (χ2v) is 7.29. The zero-order valence-electron chi connectivity index (χ0n) is 15.4. The fraction of sp³-hybridized carbons (Fsp3) is 0.500. The summed E-state index contributed by atoms with van der Waals surface area (Å²) < 4.78 is 5.55. The molecule has 1 aliphatic rings. The Bertz CT molecular complexity index is 585. The van der Waals surface area contributed by atoms with Gasteiger partial charge in [0.15, 0.2) is 0 Å². The summed E-state index contributed by atoms with van der Waals surface area (Å²) in [5.74, 6) is 1.00. The van der Waals surface area contributed by atoms with Crippen molar-refractivity contribution in [3.05, 3.63) is 60.0 Å².